The first kappa shape index (κ1) is 12.9. The number of hydrogen-bond donors (Lipinski definition) is 2. The summed E-state index contributed by atoms with van der Waals surface area (Å²) in [5.74, 6) is -0.0178. The molecule has 0 atom stereocenters. The van der Waals surface area contributed by atoms with Gasteiger partial charge in [0.05, 0.1) is 6.61 Å². The van der Waals surface area contributed by atoms with Crippen LogP contribution in [0.15, 0.2) is 12.1 Å². The molecule has 1 aliphatic rings. The number of anilines is 1. The lowest BCUT2D eigenvalue weighted by molar-refractivity contribution is 0.0707. The van der Waals surface area contributed by atoms with Crippen LogP contribution in [0.3, 0.4) is 0 Å². The molecule has 1 aliphatic carbocycles. The largest absolute Gasteiger partial charge is 0.398 e. The van der Waals surface area contributed by atoms with E-state index in [1.807, 2.05) is 19.9 Å². The highest BCUT2D eigenvalue weighted by Gasteiger charge is 2.33. The summed E-state index contributed by atoms with van der Waals surface area (Å²) in [6.07, 6.45) is 2.07. The van der Waals surface area contributed by atoms with Crippen molar-refractivity contribution in [1.29, 1.82) is 0 Å². The summed E-state index contributed by atoms with van der Waals surface area (Å²) in [7, 11) is 0. The standard InChI is InChI=1S/C14H20N2O2/c1-9-7-10(2)13(15)8-12(9)14(18)16(5-6-17)11-3-4-11/h7-8,11,17H,3-6,15H2,1-2H3. The monoisotopic (exact) mass is 248 g/mol. The lowest BCUT2D eigenvalue weighted by atomic mass is 10.0. The van der Waals surface area contributed by atoms with Crippen LogP contribution in [-0.4, -0.2) is 35.1 Å². The Morgan fingerprint density at radius 2 is 2.06 bits per heavy atom. The molecule has 0 heterocycles. The summed E-state index contributed by atoms with van der Waals surface area (Å²) in [6, 6.07) is 3.98. The fourth-order valence-corrected chi connectivity index (χ4v) is 2.20. The second-order valence-corrected chi connectivity index (χ2v) is 4.98. The molecule has 4 heteroatoms. The van der Waals surface area contributed by atoms with Crippen molar-refractivity contribution in [1.82, 2.24) is 4.90 Å². The normalized spacial score (nSPS) is 14.6. The van der Waals surface area contributed by atoms with Crippen LogP contribution in [0.25, 0.3) is 0 Å². The van der Waals surface area contributed by atoms with E-state index in [4.69, 9.17) is 10.8 Å². The molecule has 4 nitrogen and oxygen atoms in total. The van der Waals surface area contributed by atoms with Gasteiger partial charge in [0.15, 0.2) is 0 Å². The van der Waals surface area contributed by atoms with Crippen molar-refractivity contribution in [2.24, 2.45) is 0 Å². The first-order valence-corrected chi connectivity index (χ1v) is 6.33. The maximum atomic E-state index is 12.5. The topological polar surface area (TPSA) is 66.6 Å². The predicted octanol–water partition coefficient (Wildman–Crippen LogP) is 1.48. The van der Waals surface area contributed by atoms with Gasteiger partial charge in [-0.15, -0.1) is 0 Å². The maximum Gasteiger partial charge on any atom is 0.254 e. The average Bonchev–Trinajstić information content (AvgIpc) is 3.14. The molecule has 0 saturated heterocycles. The Morgan fingerprint density at radius 1 is 1.39 bits per heavy atom. The number of nitrogens with two attached hydrogens (primary N) is 1. The highest BCUT2D eigenvalue weighted by molar-refractivity contribution is 5.97. The Labute approximate surface area is 107 Å². The van der Waals surface area contributed by atoms with E-state index in [2.05, 4.69) is 0 Å². The van der Waals surface area contributed by atoms with E-state index in [1.54, 1.807) is 11.0 Å². The number of hydrogen-bond acceptors (Lipinski definition) is 3. The van der Waals surface area contributed by atoms with Crippen molar-refractivity contribution in [2.75, 3.05) is 18.9 Å². The number of carbonyl (C=O) groups excluding carboxylic acids is 1. The third-order valence-corrected chi connectivity index (χ3v) is 3.43. The number of benzene rings is 1. The molecule has 0 unspecified atom stereocenters. The van der Waals surface area contributed by atoms with Gasteiger partial charge >= 0.3 is 0 Å². The Kier molecular flexibility index (Phi) is 3.57. The van der Waals surface area contributed by atoms with Crippen LogP contribution >= 0.6 is 0 Å². The van der Waals surface area contributed by atoms with E-state index in [0.717, 1.165) is 24.0 Å². The van der Waals surface area contributed by atoms with Gasteiger partial charge in [-0.05, 0) is 43.9 Å². The molecule has 1 saturated carbocycles. The number of amides is 1. The van der Waals surface area contributed by atoms with E-state index in [0.29, 0.717) is 23.8 Å². The van der Waals surface area contributed by atoms with Gasteiger partial charge in [0.25, 0.3) is 5.91 Å². The van der Waals surface area contributed by atoms with Crippen LogP contribution in [0.1, 0.15) is 34.3 Å². The molecule has 3 N–H and O–H groups in total. The lowest BCUT2D eigenvalue weighted by Gasteiger charge is -2.22. The summed E-state index contributed by atoms with van der Waals surface area (Å²) in [5, 5.41) is 9.06. The van der Waals surface area contributed by atoms with Crippen LogP contribution in [0.5, 0.6) is 0 Å². The molecule has 0 radical (unpaired) electrons. The molecule has 0 aromatic heterocycles. The van der Waals surface area contributed by atoms with Gasteiger partial charge in [0.2, 0.25) is 0 Å². The number of rotatable bonds is 4. The van der Waals surface area contributed by atoms with Crippen LogP contribution in [0.2, 0.25) is 0 Å². The maximum absolute atomic E-state index is 12.5. The van der Waals surface area contributed by atoms with Gasteiger partial charge in [-0.1, -0.05) is 6.07 Å². The first-order valence-electron chi connectivity index (χ1n) is 6.33. The molecule has 1 amide bonds. The van der Waals surface area contributed by atoms with Gasteiger partial charge in [-0.2, -0.15) is 0 Å². The van der Waals surface area contributed by atoms with E-state index in [1.165, 1.54) is 0 Å². The summed E-state index contributed by atoms with van der Waals surface area (Å²) in [6.45, 7) is 4.26. The van der Waals surface area contributed by atoms with Crippen LogP contribution in [0.4, 0.5) is 5.69 Å². The number of nitrogen functional groups attached to an aromatic ring is 1. The minimum absolute atomic E-state index is 0.00261. The predicted molar refractivity (Wildman–Crippen MR) is 71.5 cm³/mol. The molecule has 18 heavy (non-hydrogen) atoms. The Morgan fingerprint density at radius 3 is 2.61 bits per heavy atom. The number of aryl methyl sites for hydroxylation is 2. The number of aliphatic hydroxyl groups excluding tert-OH is 1. The van der Waals surface area contributed by atoms with Crippen LogP contribution in [0, 0.1) is 13.8 Å². The van der Waals surface area contributed by atoms with Crippen LogP contribution in [-0.2, 0) is 0 Å². The van der Waals surface area contributed by atoms with Gasteiger partial charge < -0.3 is 15.7 Å². The molecular weight excluding hydrogens is 228 g/mol. The summed E-state index contributed by atoms with van der Waals surface area (Å²) >= 11 is 0. The fourth-order valence-electron chi connectivity index (χ4n) is 2.20. The molecular formula is C14H20N2O2. The quantitative estimate of drug-likeness (QED) is 0.793. The van der Waals surface area contributed by atoms with E-state index >= 15 is 0 Å². The van der Waals surface area contributed by atoms with Gasteiger partial charge in [-0.25, -0.2) is 0 Å². The Bertz CT molecular complexity index is 467. The highest BCUT2D eigenvalue weighted by atomic mass is 16.3. The van der Waals surface area contributed by atoms with Crippen molar-refractivity contribution < 1.29 is 9.90 Å². The van der Waals surface area contributed by atoms with Crippen molar-refractivity contribution in [2.45, 2.75) is 32.7 Å². The second kappa shape index (κ2) is 4.98. The van der Waals surface area contributed by atoms with Gasteiger partial charge in [-0.3, -0.25) is 4.79 Å². The number of nitrogens with zero attached hydrogens (tertiary/aromatic N) is 1. The van der Waals surface area contributed by atoms with Crippen LogP contribution < -0.4 is 5.73 Å². The fraction of sp³-hybridized carbons (Fsp3) is 0.500. The Balaban J connectivity index is 2.29. The summed E-state index contributed by atoms with van der Waals surface area (Å²) in [4.78, 5) is 14.2. The third-order valence-electron chi connectivity index (χ3n) is 3.43. The molecule has 1 aromatic carbocycles. The zero-order chi connectivity index (χ0) is 13.3. The third kappa shape index (κ3) is 2.48. The molecule has 0 spiro atoms. The van der Waals surface area contributed by atoms with E-state index < -0.39 is 0 Å². The minimum Gasteiger partial charge on any atom is -0.398 e. The average molecular weight is 248 g/mol. The van der Waals surface area contributed by atoms with Crippen molar-refractivity contribution in [3.63, 3.8) is 0 Å². The van der Waals surface area contributed by atoms with Crippen molar-refractivity contribution in [3.05, 3.63) is 28.8 Å². The second-order valence-electron chi connectivity index (χ2n) is 4.98. The number of carbonyl (C=O) groups is 1. The van der Waals surface area contributed by atoms with Crippen molar-refractivity contribution in [3.8, 4) is 0 Å². The molecule has 2 rings (SSSR count). The highest BCUT2D eigenvalue weighted by Crippen LogP contribution is 2.29. The van der Waals surface area contributed by atoms with Crippen molar-refractivity contribution >= 4 is 11.6 Å². The Hall–Kier alpha value is -1.55. The molecule has 0 aliphatic heterocycles. The lowest BCUT2D eigenvalue weighted by Crippen LogP contribution is -2.36. The summed E-state index contributed by atoms with van der Waals surface area (Å²) < 4.78 is 0. The molecule has 1 fully saturated rings. The summed E-state index contributed by atoms with van der Waals surface area (Å²) in [5.41, 5.74) is 9.10. The van der Waals surface area contributed by atoms with E-state index in [9.17, 15) is 4.79 Å². The number of aliphatic hydroxyl groups is 1. The molecule has 0 bridgehead atoms. The van der Waals surface area contributed by atoms with Gasteiger partial charge in [0.1, 0.15) is 0 Å². The van der Waals surface area contributed by atoms with E-state index in [-0.39, 0.29) is 12.5 Å². The zero-order valence-electron chi connectivity index (χ0n) is 10.9. The first-order chi connectivity index (χ1) is 8.54. The SMILES string of the molecule is Cc1cc(C)c(C(=O)N(CCO)C2CC2)cc1N. The van der Waals surface area contributed by atoms with Gasteiger partial charge in [0, 0.05) is 23.8 Å². The smallest absolute Gasteiger partial charge is 0.254 e. The zero-order valence-corrected chi connectivity index (χ0v) is 10.9. The molecule has 98 valence electrons. The minimum atomic E-state index is -0.0178. The molecule has 1 aromatic rings.